The van der Waals surface area contributed by atoms with Gasteiger partial charge in [-0.1, -0.05) is 35.9 Å². The van der Waals surface area contributed by atoms with Crippen LogP contribution in [0.3, 0.4) is 0 Å². The Bertz CT molecular complexity index is 1250. The number of hydrogen-bond acceptors (Lipinski definition) is 5. The number of nitrogens with one attached hydrogen (secondary N) is 2. The van der Waals surface area contributed by atoms with Gasteiger partial charge in [0.15, 0.2) is 11.5 Å². The third-order valence-corrected chi connectivity index (χ3v) is 5.62. The molecular weight excluding hydrogens is 473 g/mol. The smallest absolute Gasteiger partial charge is 0.329 e. The predicted molar refractivity (Wildman–Crippen MR) is 134 cm³/mol. The average molecular weight is 498 g/mol. The highest BCUT2D eigenvalue weighted by molar-refractivity contribution is 6.39. The van der Waals surface area contributed by atoms with E-state index in [2.05, 4.69) is 15.8 Å². The third-order valence-electron chi connectivity index (χ3n) is 5.27. The van der Waals surface area contributed by atoms with Gasteiger partial charge in [0.05, 0.1) is 17.8 Å². The Morgan fingerprint density at radius 2 is 1.69 bits per heavy atom. The number of halogens is 2. The Morgan fingerprint density at radius 1 is 1.00 bits per heavy atom. The molecule has 0 unspecified atom stereocenters. The van der Waals surface area contributed by atoms with Crippen molar-refractivity contribution in [1.82, 2.24) is 5.43 Å². The lowest BCUT2D eigenvalue weighted by Gasteiger charge is -2.13. The minimum absolute atomic E-state index is 0.0835. The van der Waals surface area contributed by atoms with Crippen molar-refractivity contribution in [1.29, 1.82) is 0 Å². The molecule has 0 aliphatic heterocycles. The van der Waals surface area contributed by atoms with Gasteiger partial charge in [-0.25, -0.2) is 9.82 Å². The van der Waals surface area contributed by atoms with Crippen LogP contribution >= 0.6 is 11.6 Å². The molecule has 0 aromatic heterocycles. The fourth-order valence-corrected chi connectivity index (χ4v) is 3.48. The van der Waals surface area contributed by atoms with Crippen LogP contribution in [-0.4, -0.2) is 24.6 Å². The number of benzene rings is 3. The molecule has 3 aromatic rings. The van der Waals surface area contributed by atoms with Crippen molar-refractivity contribution in [3.05, 3.63) is 87.7 Å². The Morgan fingerprint density at radius 3 is 2.34 bits per heavy atom. The van der Waals surface area contributed by atoms with Crippen LogP contribution in [0.5, 0.6) is 11.5 Å². The van der Waals surface area contributed by atoms with E-state index in [1.165, 1.54) is 19.2 Å². The van der Waals surface area contributed by atoms with Gasteiger partial charge in [0.2, 0.25) is 0 Å². The molecule has 2 amide bonds. The maximum absolute atomic E-state index is 14.0. The molecule has 0 aliphatic carbocycles. The molecule has 3 rings (SSSR count). The lowest BCUT2D eigenvalue weighted by Crippen LogP contribution is -2.33. The van der Waals surface area contributed by atoms with Crippen molar-refractivity contribution in [2.45, 2.75) is 27.4 Å². The Balaban J connectivity index is 1.67. The number of hydrogen-bond donors (Lipinski definition) is 2. The molecule has 35 heavy (non-hydrogen) atoms. The van der Waals surface area contributed by atoms with Crippen LogP contribution < -0.4 is 20.2 Å². The maximum Gasteiger partial charge on any atom is 0.329 e. The second-order valence-corrected chi connectivity index (χ2v) is 8.12. The predicted octanol–water partition coefficient (Wildman–Crippen LogP) is 5.16. The second kappa shape index (κ2) is 11.5. The van der Waals surface area contributed by atoms with Gasteiger partial charge in [-0.3, -0.25) is 9.59 Å². The van der Waals surface area contributed by atoms with Gasteiger partial charge in [-0.15, -0.1) is 0 Å². The number of carbonyl (C=O) groups excluding carboxylic acids is 2. The standard InChI is InChI=1S/C26H25ClFN3O4/c1-15-7-5-8-16(2)24(15)29-25(32)26(33)31-30-17(3)18-11-12-22(23(13-18)34-4)35-14-19-20(27)9-6-10-21(19)28/h5-13H,14H2,1-4H3,(H,29,32)(H,31,33)/b30-17+. The van der Waals surface area contributed by atoms with E-state index in [4.69, 9.17) is 21.1 Å². The summed E-state index contributed by atoms with van der Waals surface area (Å²) in [6.07, 6.45) is 0. The van der Waals surface area contributed by atoms with Crippen LogP contribution in [0.2, 0.25) is 5.02 Å². The molecule has 7 nitrogen and oxygen atoms in total. The van der Waals surface area contributed by atoms with E-state index in [1.807, 2.05) is 32.0 Å². The number of methoxy groups -OCH3 is 1. The number of hydrazone groups is 1. The van der Waals surface area contributed by atoms with E-state index in [0.29, 0.717) is 28.5 Å². The summed E-state index contributed by atoms with van der Waals surface area (Å²) in [5.74, 6) is -1.44. The number of amides is 2. The van der Waals surface area contributed by atoms with Gasteiger partial charge in [-0.05, 0) is 62.2 Å². The van der Waals surface area contributed by atoms with E-state index >= 15 is 0 Å². The fourth-order valence-electron chi connectivity index (χ4n) is 3.26. The van der Waals surface area contributed by atoms with E-state index in [0.717, 1.165) is 11.1 Å². The summed E-state index contributed by atoms with van der Waals surface area (Å²) in [6.45, 7) is 5.26. The zero-order valence-corrected chi connectivity index (χ0v) is 20.5. The van der Waals surface area contributed by atoms with Crippen molar-refractivity contribution < 1.29 is 23.5 Å². The van der Waals surface area contributed by atoms with Crippen molar-refractivity contribution in [2.75, 3.05) is 12.4 Å². The first-order valence-electron chi connectivity index (χ1n) is 10.7. The van der Waals surface area contributed by atoms with Crippen LogP contribution in [-0.2, 0) is 16.2 Å². The molecule has 9 heteroatoms. The lowest BCUT2D eigenvalue weighted by atomic mass is 10.1. The van der Waals surface area contributed by atoms with E-state index in [1.54, 1.807) is 31.2 Å². The summed E-state index contributed by atoms with van der Waals surface area (Å²) in [6, 6.07) is 14.9. The molecule has 0 heterocycles. The largest absolute Gasteiger partial charge is 0.493 e. The summed E-state index contributed by atoms with van der Waals surface area (Å²) in [4.78, 5) is 24.5. The highest BCUT2D eigenvalue weighted by atomic mass is 35.5. The molecule has 0 atom stereocenters. The number of carbonyl (C=O) groups is 2. The van der Waals surface area contributed by atoms with Gasteiger partial charge < -0.3 is 14.8 Å². The first-order valence-corrected chi connectivity index (χ1v) is 11.0. The fraction of sp³-hybridized carbons (Fsp3) is 0.192. The van der Waals surface area contributed by atoms with Gasteiger partial charge in [0.1, 0.15) is 12.4 Å². The number of nitrogens with zero attached hydrogens (tertiary/aromatic N) is 1. The number of aryl methyl sites for hydroxylation is 2. The first kappa shape index (κ1) is 25.7. The number of rotatable bonds is 7. The summed E-state index contributed by atoms with van der Waals surface area (Å²) < 4.78 is 25.1. The lowest BCUT2D eigenvalue weighted by molar-refractivity contribution is -0.136. The van der Waals surface area contributed by atoms with E-state index in [9.17, 15) is 14.0 Å². The molecule has 0 radical (unpaired) electrons. The number of anilines is 1. The molecule has 0 fully saturated rings. The highest BCUT2D eigenvalue weighted by Crippen LogP contribution is 2.30. The van der Waals surface area contributed by atoms with Crippen LogP contribution in [0.1, 0.15) is 29.2 Å². The second-order valence-electron chi connectivity index (χ2n) is 7.71. The van der Waals surface area contributed by atoms with Gasteiger partial charge in [0, 0.05) is 16.8 Å². The Kier molecular flexibility index (Phi) is 8.43. The quantitative estimate of drug-likeness (QED) is 0.268. The highest BCUT2D eigenvalue weighted by Gasteiger charge is 2.16. The first-order chi connectivity index (χ1) is 16.7. The molecule has 0 bridgehead atoms. The molecular formula is C26H25ClFN3O4. The number of para-hydroxylation sites is 1. The maximum atomic E-state index is 14.0. The summed E-state index contributed by atoms with van der Waals surface area (Å²) in [5.41, 5.74) is 5.82. The van der Waals surface area contributed by atoms with Crippen LogP contribution in [0.4, 0.5) is 10.1 Å². The molecule has 0 aliphatic rings. The van der Waals surface area contributed by atoms with Crippen LogP contribution in [0.25, 0.3) is 0 Å². The van der Waals surface area contributed by atoms with Crippen molar-refractivity contribution in [3.8, 4) is 11.5 Å². The minimum atomic E-state index is -0.902. The Hall–Kier alpha value is -3.91. The van der Waals surface area contributed by atoms with Gasteiger partial charge >= 0.3 is 11.8 Å². The molecule has 0 saturated heterocycles. The molecule has 0 spiro atoms. The molecule has 2 N–H and O–H groups in total. The normalized spacial score (nSPS) is 11.1. The molecule has 3 aromatic carbocycles. The monoisotopic (exact) mass is 497 g/mol. The van der Waals surface area contributed by atoms with Crippen molar-refractivity contribution in [3.63, 3.8) is 0 Å². The van der Waals surface area contributed by atoms with E-state index < -0.39 is 17.6 Å². The SMILES string of the molecule is COc1cc(/C(C)=N/NC(=O)C(=O)Nc2c(C)cccc2C)ccc1OCc1c(F)cccc1Cl. The minimum Gasteiger partial charge on any atom is -0.493 e. The van der Waals surface area contributed by atoms with Gasteiger partial charge in [-0.2, -0.15) is 5.10 Å². The van der Waals surface area contributed by atoms with Crippen LogP contribution in [0.15, 0.2) is 59.7 Å². The summed E-state index contributed by atoms with van der Waals surface area (Å²) >= 11 is 6.05. The Labute approximate surface area is 207 Å². The molecule has 0 saturated carbocycles. The van der Waals surface area contributed by atoms with Crippen LogP contribution in [0, 0.1) is 19.7 Å². The average Bonchev–Trinajstić information content (AvgIpc) is 2.84. The summed E-state index contributed by atoms with van der Waals surface area (Å²) in [7, 11) is 1.47. The zero-order valence-electron chi connectivity index (χ0n) is 19.7. The van der Waals surface area contributed by atoms with Crippen molar-refractivity contribution >= 4 is 34.8 Å². The van der Waals surface area contributed by atoms with Crippen molar-refractivity contribution in [2.24, 2.45) is 5.10 Å². The zero-order chi connectivity index (χ0) is 25.5. The van der Waals surface area contributed by atoms with Gasteiger partial charge in [0.25, 0.3) is 0 Å². The molecule has 182 valence electrons. The topological polar surface area (TPSA) is 89.0 Å². The number of ether oxygens (including phenoxy) is 2. The third kappa shape index (κ3) is 6.36. The van der Waals surface area contributed by atoms with E-state index in [-0.39, 0.29) is 17.2 Å². The summed E-state index contributed by atoms with van der Waals surface area (Å²) in [5, 5.41) is 6.89.